The molecular weight excluding hydrogens is 1460 g/mol. The molecule has 10 atom stereocenters. The number of aromatic hydroxyl groups is 6. The minimum absolute atomic E-state index is 0. The van der Waals surface area contributed by atoms with Gasteiger partial charge in [0.15, 0.2) is 0 Å². The van der Waals surface area contributed by atoms with Gasteiger partial charge in [0.2, 0.25) is 0 Å². The maximum Gasteiger partial charge on any atom is 0.133 e. The lowest BCUT2D eigenvalue weighted by molar-refractivity contribution is -0.124. The molecule has 0 bridgehead atoms. The Morgan fingerprint density at radius 1 is 0.407 bits per heavy atom. The van der Waals surface area contributed by atoms with Crippen molar-refractivity contribution in [1.82, 2.24) is 0 Å². The molecule has 8 aliphatic rings. The molecule has 10 nitrogen and oxygen atoms in total. The average Bonchev–Trinajstić information content (AvgIpc) is 0.740. The second-order valence-corrected chi connectivity index (χ2v) is 38.0. The van der Waals surface area contributed by atoms with E-state index in [1.165, 1.54) is 102 Å². The van der Waals surface area contributed by atoms with E-state index in [-0.39, 0.29) is 105 Å². The number of ether oxygens (including phenoxy) is 3. The molecule has 0 amide bonds. The standard InChI is InChI=1S/C24H36O3.2C21H30O2.C19H26O2.C19H26O.4CH4/c1-6-7-8-9-12-23(2,3)16-13-20(26)22-18-15-17(25)10-11-19(18)24(4,5)27-21(22)14-16;1-5-6-7-8-15-12-18(22)20-16-11-14(2)9-10-17(16)21(3,4)23-19(20)13-15;1-5-6-7-8-16-12-19(22)21(20(23)13-16)18-11-15(4)9-10-17(18)14(2)3;1-5-6-13-10-16(20)18-14-9-12(2)7-8-15(14)19(3,4)21-17(18)11-13;1-5-6-15-8-10-17(19(20)12-15)18-11-14(4)7-9-16(18)13(2)3;;;;/h13-14,18-19,26H,6-12,15H2,1-5H3;11-13,16-17,22H,5-10H2,1-4H3;11-13,17-18,22-23H,2,5-10H2,1,3-4H3;9-11,14-15,20H,5-8H2,1-4H3;8,10-12,16,18,20H,2,5-7,9H2,1,3-4H3;4*1H4/t18-,19-;16-,17-;17-,18+;14-,15-;16-,18+;;;;/m11010..../s1. The Labute approximate surface area is 718 Å². The van der Waals surface area contributed by atoms with Gasteiger partial charge in [-0.3, -0.25) is 4.79 Å². The molecule has 10 heteroatoms. The first-order chi connectivity index (χ1) is 54.0. The fourth-order valence-electron chi connectivity index (χ4n) is 20.3. The van der Waals surface area contributed by atoms with Crippen molar-refractivity contribution in [2.75, 3.05) is 0 Å². The Kier molecular flexibility index (Phi) is 37.9. The van der Waals surface area contributed by atoms with Crippen LogP contribution in [0.5, 0.6) is 51.7 Å². The first-order valence-electron chi connectivity index (χ1n) is 44.5. The van der Waals surface area contributed by atoms with Gasteiger partial charge in [-0.2, -0.15) is 0 Å². The van der Waals surface area contributed by atoms with Crippen molar-refractivity contribution in [3.8, 4) is 51.7 Å². The van der Waals surface area contributed by atoms with Gasteiger partial charge in [0.1, 0.15) is 74.3 Å². The number of fused-ring (bicyclic) bond motifs is 9. The van der Waals surface area contributed by atoms with Gasteiger partial charge in [-0.25, -0.2) is 0 Å². The SMILES string of the molecule is C.C.C.C.C=C(C)[C@@H]1CCC(C)=C[C@H]1c1c(O)cc(CCCCC)cc1O.C=C(C)[C@@H]1CCC(C)=C[C@H]1c1ccc(CCC)cc1O.CCCCCCC(C)(C)c1cc(O)c2c(c1)OC(C)(C)[C@@H]1CCC(=O)C[C@@H]21.CCCCCc1cc(O)c2c(c1)OC(C)(C)[C@@H]1CCC(C)=C[C@@H]21.CCCc1cc(O)c2c(c1)OC(C)(C)[C@@H]1CCC(C)=C[C@@H]21. The van der Waals surface area contributed by atoms with Crippen LogP contribution in [-0.2, 0) is 35.9 Å². The van der Waals surface area contributed by atoms with Gasteiger partial charge in [-0.1, -0.05) is 225 Å². The van der Waals surface area contributed by atoms with Gasteiger partial charge in [0, 0.05) is 88.0 Å². The predicted molar refractivity (Wildman–Crippen MR) is 501 cm³/mol. The molecule has 5 aliphatic carbocycles. The van der Waals surface area contributed by atoms with E-state index in [1.54, 1.807) is 0 Å². The summed E-state index contributed by atoms with van der Waals surface area (Å²) < 4.78 is 19.1. The van der Waals surface area contributed by atoms with E-state index >= 15 is 0 Å². The topological polar surface area (TPSA) is 166 Å². The number of unbranched alkanes of at least 4 members (excludes halogenated alkanes) is 7. The van der Waals surface area contributed by atoms with Gasteiger partial charge in [-0.15, -0.1) is 0 Å². The Morgan fingerprint density at radius 2 is 0.780 bits per heavy atom. The van der Waals surface area contributed by atoms with Crippen LogP contribution in [0.4, 0.5) is 0 Å². The second-order valence-electron chi connectivity index (χ2n) is 38.0. The van der Waals surface area contributed by atoms with Crippen LogP contribution < -0.4 is 14.2 Å². The first-order valence-corrected chi connectivity index (χ1v) is 44.5. The molecule has 118 heavy (non-hydrogen) atoms. The molecule has 0 saturated heterocycles. The van der Waals surface area contributed by atoms with Crippen molar-refractivity contribution in [2.45, 2.75) is 393 Å². The third-order valence-electron chi connectivity index (χ3n) is 26.9. The van der Waals surface area contributed by atoms with Crippen LogP contribution in [0.15, 0.2) is 138 Å². The number of phenolic OH excluding ortho intramolecular Hbond substituents is 6. The number of carbonyl (C=O) groups is 1. The number of allylic oxidation sites excluding steroid dienone is 10. The molecule has 5 aromatic carbocycles. The zero-order valence-electron chi connectivity index (χ0n) is 74.0. The lowest BCUT2D eigenvalue weighted by Crippen LogP contribution is -2.47. The smallest absolute Gasteiger partial charge is 0.133 e. The molecule has 0 spiro atoms. The number of hydrogen-bond donors (Lipinski definition) is 6. The summed E-state index contributed by atoms with van der Waals surface area (Å²) in [5.74, 6) is 7.72. The Bertz CT molecular complexity index is 4250. The molecular formula is C108H164O10. The third-order valence-corrected chi connectivity index (χ3v) is 26.9. The molecule has 1 fully saturated rings. The number of Topliss-reactive ketones (excluding diaryl/α,β-unsaturated/α-hetero) is 1. The highest BCUT2D eigenvalue weighted by Crippen LogP contribution is 2.58. The van der Waals surface area contributed by atoms with E-state index in [2.05, 4.69) is 192 Å². The van der Waals surface area contributed by atoms with Crippen molar-refractivity contribution < 1.29 is 49.6 Å². The Balaban J connectivity index is 0.000000261. The molecule has 5 aromatic rings. The molecule has 656 valence electrons. The van der Waals surface area contributed by atoms with Gasteiger partial charge in [-0.05, 0) is 285 Å². The summed E-state index contributed by atoms with van der Waals surface area (Å²) in [6, 6.07) is 22.1. The van der Waals surface area contributed by atoms with E-state index in [0.717, 1.165) is 165 Å². The highest BCUT2D eigenvalue weighted by atomic mass is 16.5. The summed E-state index contributed by atoms with van der Waals surface area (Å²) in [5, 5.41) is 63.6. The van der Waals surface area contributed by atoms with Crippen molar-refractivity contribution in [3.63, 3.8) is 0 Å². The first kappa shape index (κ1) is 101. The number of hydrogen-bond acceptors (Lipinski definition) is 10. The molecule has 0 radical (unpaired) electrons. The normalized spacial score (nSPS) is 23.0. The van der Waals surface area contributed by atoms with Crippen molar-refractivity contribution in [2.24, 2.45) is 29.6 Å². The highest BCUT2D eigenvalue weighted by molar-refractivity contribution is 5.81. The van der Waals surface area contributed by atoms with Crippen molar-refractivity contribution >= 4 is 5.78 Å². The Morgan fingerprint density at radius 3 is 1.24 bits per heavy atom. The number of rotatable bonds is 22. The zero-order valence-corrected chi connectivity index (χ0v) is 74.0. The van der Waals surface area contributed by atoms with Crippen LogP contribution in [0.1, 0.15) is 401 Å². The van der Waals surface area contributed by atoms with E-state index in [1.807, 2.05) is 43.3 Å². The largest absolute Gasteiger partial charge is 0.508 e. The van der Waals surface area contributed by atoms with Crippen LogP contribution in [0, 0.1) is 29.6 Å². The quantitative estimate of drug-likeness (QED) is 0.0290. The van der Waals surface area contributed by atoms with E-state index in [4.69, 9.17) is 14.2 Å². The van der Waals surface area contributed by atoms with E-state index in [0.29, 0.717) is 64.9 Å². The number of carbonyl (C=O) groups excluding carboxylic acids is 1. The van der Waals surface area contributed by atoms with Crippen LogP contribution >= 0.6 is 0 Å². The molecule has 6 N–H and O–H groups in total. The number of benzene rings is 5. The van der Waals surface area contributed by atoms with Crippen molar-refractivity contribution in [1.29, 1.82) is 0 Å². The van der Waals surface area contributed by atoms with Crippen LogP contribution in [0.25, 0.3) is 0 Å². The number of aryl methyl sites for hydroxylation is 4. The molecule has 3 aliphatic heterocycles. The minimum atomic E-state index is -0.311. The van der Waals surface area contributed by atoms with Crippen LogP contribution in [0.2, 0.25) is 0 Å². The lowest BCUT2D eigenvalue weighted by atomic mass is 9.66. The second kappa shape index (κ2) is 44.3. The zero-order chi connectivity index (χ0) is 83.3. The minimum Gasteiger partial charge on any atom is -0.508 e. The van der Waals surface area contributed by atoms with E-state index in [9.17, 15) is 35.4 Å². The molecule has 1 saturated carbocycles. The van der Waals surface area contributed by atoms with Gasteiger partial charge < -0.3 is 44.8 Å². The fourth-order valence-corrected chi connectivity index (χ4v) is 20.3. The summed E-state index contributed by atoms with van der Waals surface area (Å²) in [7, 11) is 0. The fraction of sp³-hybridized carbons (Fsp3) is 0.602. The molecule has 13 rings (SSSR count). The van der Waals surface area contributed by atoms with Gasteiger partial charge >= 0.3 is 0 Å². The maximum absolute atomic E-state index is 12.1. The van der Waals surface area contributed by atoms with Gasteiger partial charge in [0.25, 0.3) is 0 Å². The summed E-state index contributed by atoms with van der Waals surface area (Å²) in [5.41, 5.74) is 17.6. The molecule has 0 unspecified atom stereocenters. The third kappa shape index (κ3) is 24.8. The summed E-state index contributed by atoms with van der Waals surface area (Å²) in [6.45, 7) is 49.6. The summed E-state index contributed by atoms with van der Waals surface area (Å²) in [6.07, 6.45) is 39.3. The summed E-state index contributed by atoms with van der Waals surface area (Å²) in [4.78, 5) is 12.1. The number of phenols is 6. The Hall–Kier alpha value is -7.59. The van der Waals surface area contributed by atoms with Crippen LogP contribution in [-0.4, -0.2) is 53.2 Å². The lowest BCUT2D eigenvalue weighted by Gasteiger charge is -2.47. The monoisotopic (exact) mass is 1620 g/mol. The predicted octanol–water partition coefficient (Wildman–Crippen LogP) is 30.7. The van der Waals surface area contributed by atoms with E-state index < -0.39 is 0 Å². The van der Waals surface area contributed by atoms with Crippen LogP contribution in [0.3, 0.4) is 0 Å². The average molecular weight is 1620 g/mol. The molecule has 3 heterocycles. The number of ketones is 1. The molecule has 0 aromatic heterocycles. The highest BCUT2D eigenvalue weighted by Gasteiger charge is 2.50. The van der Waals surface area contributed by atoms with Gasteiger partial charge in [0.05, 0.1) is 0 Å². The van der Waals surface area contributed by atoms with Crippen molar-refractivity contribution in [3.05, 3.63) is 193 Å². The maximum atomic E-state index is 12.1. The summed E-state index contributed by atoms with van der Waals surface area (Å²) >= 11 is 0.